The normalized spacial score (nSPS) is 12.5. The maximum absolute atomic E-state index is 13.6. The van der Waals surface area contributed by atoms with Crippen LogP contribution in [0.3, 0.4) is 0 Å². The highest BCUT2D eigenvalue weighted by Crippen LogP contribution is 2.37. The molecule has 0 aromatic heterocycles. The third kappa shape index (κ3) is 40.3. The zero-order valence-corrected chi connectivity index (χ0v) is 44.1. The first kappa shape index (κ1) is 63.4. The molecule has 0 spiro atoms. The van der Waals surface area contributed by atoms with Gasteiger partial charge in [0.15, 0.2) is 0 Å². The van der Waals surface area contributed by atoms with Crippen LogP contribution in [0.2, 0.25) is 0 Å². The number of ether oxygens (including phenoxy) is 2. The molecule has 0 aromatic rings. The summed E-state index contributed by atoms with van der Waals surface area (Å²) in [5.74, 6) is -0.236. The Morgan fingerprint density at radius 3 is 1.21 bits per heavy atom. The van der Waals surface area contributed by atoms with Crippen molar-refractivity contribution in [1.29, 1.82) is 0 Å². The molecule has 0 aliphatic heterocycles. The fourth-order valence-electron chi connectivity index (χ4n) is 8.21. The molecule has 0 saturated carbocycles. The molecule has 0 aliphatic rings. The number of hydrogen-bond acceptors (Lipinski definition) is 6. The Kier molecular flexibility index (Phi) is 42.0. The molecule has 0 radical (unpaired) electrons. The summed E-state index contributed by atoms with van der Waals surface area (Å²) in [6.07, 6.45) is 40.8. The summed E-state index contributed by atoms with van der Waals surface area (Å²) in [5, 5.41) is 14.6. The van der Waals surface area contributed by atoms with Crippen LogP contribution in [0.4, 0.5) is 0 Å². The number of aliphatic hydroxyl groups excluding tert-OH is 1. The Bertz CT molecular complexity index is 1060. The summed E-state index contributed by atoms with van der Waals surface area (Å²) < 4.78 is 10.6. The number of nitrogens with one attached hydrogen (secondary N) is 2. The number of unbranched alkanes of at least 4 members (excludes halogenated alkanes) is 28. The van der Waals surface area contributed by atoms with E-state index < -0.39 is 11.6 Å². The van der Waals surface area contributed by atoms with Crippen LogP contribution in [0.1, 0.15) is 288 Å². The lowest BCUT2D eigenvalue weighted by atomic mass is 9.69. The van der Waals surface area contributed by atoms with E-state index >= 15 is 0 Å². The molecule has 2 amide bonds. The monoisotopic (exact) mass is 895 g/mol. The summed E-state index contributed by atoms with van der Waals surface area (Å²) in [7, 11) is 1.65. The molecular formula is C55H110N2O6. The van der Waals surface area contributed by atoms with Gasteiger partial charge in [-0.2, -0.15) is 0 Å². The molecule has 0 aromatic carbocycles. The minimum Gasteiger partial charge on any atom is -0.463 e. The molecule has 3 N–H and O–H groups in total. The van der Waals surface area contributed by atoms with Crippen LogP contribution in [0.15, 0.2) is 0 Å². The number of carbonyl (C=O) groups is 3. The second-order valence-electron chi connectivity index (χ2n) is 21.2. The second kappa shape index (κ2) is 41.7. The van der Waals surface area contributed by atoms with E-state index in [1.807, 2.05) is 27.7 Å². The second-order valence-corrected chi connectivity index (χ2v) is 21.2. The van der Waals surface area contributed by atoms with Crippen molar-refractivity contribution in [3.05, 3.63) is 0 Å². The lowest BCUT2D eigenvalue weighted by Gasteiger charge is -2.44. The molecule has 8 heteroatoms. The summed E-state index contributed by atoms with van der Waals surface area (Å²) in [6.45, 7) is 21.3. The Hall–Kier alpha value is -1.67. The van der Waals surface area contributed by atoms with E-state index in [1.54, 1.807) is 7.11 Å². The Balaban J connectivity index is 0. The third-order valence-electron chi connectivity index (χ3n) is 13.4. The number of esters is 1. The number of hydrogen-bond donors (Lipinski definition) is 3. The number of rotatable bonds is 43. The highest BCUT2D eigenvalue weighted by Gasteiger charge is 2.40. The third-order valence-corrected chi connectivity index (χ3v) is 13.4. The van der Waals surface area contributed by atoms with Crippen LogP contribution in [-0.2, 0) is 23.9 Å². The summed E-state index contributed by atoms with van der Waals surface area (Å²) in [6, 6.07) is -0.900. The molecule has 0 saturated heterocycles. The molecule has 1 unspecified atom stereocenters. The van der Waals surface area contributed by atoms with Gasteiger partial charge < -0.3 is 25.2 Å². The molecule has 63 heavy (non-hydrogen) atoms. The zero-order valence-electron chi connectivity index (χ0n) is 44.1. The minimum atomic E-state index is -0.900. The SMILES string of the molecule is CCCCCCCCCCCCCCCCCC(=O)NC(COC(=O)CCCCCCCCCCCCCCCCC)C(=O)NC(C)(C)C(C)(C)CC(C)C.COC(C)(C)CCO. The molecule has 0 bridgehead atoms. The molecule has 0 fully saturated rings. The average Bonchev–Trinajstić information content (AvgIpc) is 3.21. The van der Waals surface area contributed by atoms with E-state index in [1.165, 1.54) is 154 Å². The number of aliphatic hydroxyl groups is 1. The van der Waals surface area contributed by atoms with Crippen molar-refractivity contribution < 1.29 is 29.0 Å². The standard InChI is InChI=1S/C49H96N2O4.C6H14O2/c1-9-11-13-15-17-19-21-23-25-27-29-31-33-35-37-39-45(52)50-44(47(54)51-49(7,8)48(5,6)41-43(3)4)42-55-46(53)40-38-36-34-32-30-28-26-24-22-20-18-16-14-12-10-2;1-6(2,8-3)4-5-7/h43-44H,9-42H2,1-8H3,(H,50,52)(H,51,54);7H,4-5H2,1-3H3. The van der Waals surface area contributed by atoms with Crippen molar-refractivity contribution in [3.8, 4) is 0 Å². The molecule has 0 aliphatic carbocycles. The van der Waals surface area contributed by atoms with Gasteiger partial charge >= 0.3 is 5.97 Å². The number of amides is 2. The maximum Gasteiger partial charge on any atom is 0.305 e. The largest absolute Gasteiger partial charge is 0.463 e. The van der Waals surface area contributed by atoms with Gasteiger partial charge in [-0.25, -0.2) is 0 Å². The maximum atomic E-state index is 13.6. The van der Waals surface area contributed by atoms with Crippen molar-refractivity contribution in [2.75, 3.05) is 20.3 Å². The first-order chi connectivity index (χ1) is 30.0. The lowest BCUT2D eigenvalue weighted by Crippen LogP contribution is -2.60. The van der Waals surface area contributed by atoms with Crippen LogP contribution in [0.5, 0.6) is 0 Å². The average molecular weight is 895 g/mol. The van der Waals surface area contributed by atoms with Gasteiger partial charge in [-0.15, -0.1) is 0 Å². The zero-order chi connectivity index (χ0) is 47.7. The summed E-state index contributed by atoms with van der Waals surface area (Å²) in [5.41, 5.74) is -0.832. The first-order valence-electron chi connectivity index (χ1n) is 26.9. The van der Waals surface area contributed by atoms with Crippen molar-refractivity contribution in [1.82, 2.24) is 10.6 Å². The van der Waals surface area contributed by atoms with Crippen molar-refractivity contribution in [2.45, 2.75) is 305 Å². The van der Waals surface area contributed by atoms with Gasteiger partial charge in [0.2, 0.25) is 11.8 Å². The Labute approximate surface area is 392 Å². The smallest absolute Gasteiger partial charge is 0.305 e. The molecule has 8 nitrogen and oxygen atoms in total. The Morgan fingerprint density at radius 2 is 0.889 bits per heavy atom. The van der Waals surface area contributed by atoms with Crippen LogP contribution < -0.4 is 10.6 Å². The van der Waals surface area contributed by atoms with E-state index in [0.717, 1.165) is 44.9 Å². The Morgan fingerprint density at radius 1 is 0.540 bits per heavy atom. The minimum absolute atomic E-state index is 0.130. The highest BCUT2D eigenvalue weighted by atomic mass is 16.5. The molecular weight excluding hydrogens is 785 g/mol. The lowest BCUT2D eigenvalue weighted by molar-refractivity contribution is -0.147. The van der Waals surface area contributed by atoms with E-state index in [2.05, 4.69) is 52.2 Å². The van der Waals surface area contributed by atoms with Crippen LogP contribution in [-0.4, -0.2) is 60.4 Å². The predicted molar refractivity (Wildman–Crippen MR) is 270 cm³/mol. The molecule has 376 valence electrons. The van der Waals surface area contributed by atoms with Crippen molar-refractivity contribution >= 4 is 17.8 Å². The van der Waals surface area contributed by atoms with Crippen LogP contribution in [0, 0.1) is 11.3 Å². The van der Waals surface area contributed by atoms with Gasteiger partial charge in [-0.05, 0) is 64.7 Å². The van der Waals surface area contributed by atoms with Gasteiger partial charge in [0.1, 0.15) is 12.6 Å². The predicted octanol–water partition coefficient (Wildman–Crippen LogP) is 15.3. The quantitative estimate of drug-likeness (QED) is 0.0415. The first-order valence-corrected chi connectivity index (χ1v) is 26.9. The fourth-order valence-corrected chi connectivity index (χ4v) is 8.21. The van der Waals surface area contributed by atoms with Gasteiger partial charge in [0.25, 0.3) is 0 Å². The van der Waals surface area contributed by atoms with Gasteiger partial charge in [-0.3, -0.25) is 14.4 Å². The van der Waals surface area contributed by atoms with Gasteiger partial charge in [0, 0.05) is 32.1 Å². The van der Waals surface area contributed by atoms with Gasteiger partial charge in [-0.1, -0.05) is 221 Å². The number of methoxy groups -OCH3 is 1. The van der Waals surface area contributed by atoms with Crippen LogP contribution in [0.25, 0.3) is 0 Å². The molecule has 0 heterocycles. The summed E-state index contributed by atoms with van der Waals surface area (Å²) in [4.78, 5) is 39.4. The molecule has 1 atom stereocenters. The topological polar surface area (TPSA) is 114 Å². The van der Waals surface area contributed by atoms with Crippen molar-refractivity contribution in [3.63, 3.8) is 0 Å². The van der Waals surface area contributed by atoms with E-state index in [9.17, 15) is 14.4 Å². The highest BCUT2D eigenvalue weighted by molar-refractivity contribution is 5.88. The fraction of sp³-hybridized carbons (Fsp3) is 0.945. The van der Waals surface area contributed by atoms with Crippen molar-refractivity contribution in [2.24, 2.45) is 11.3 Å². The van der Waals surface area contributed by atoms with E-state index in [-0.39, 0.29) is 42.0 Å². The van der Waals surface area contributed by atoms with E-state index in [4.69, 9.17) is 14.6 Å². The van der Waals surface area contributed by atoms with Crippen LogP contribution >= 0.6 is 0 Å². The molecule has 0 rings (SSSR count). The number of carbonyl (C=O) groups excluding carboxylic acids is 3. The summed E-state index contributed by atoms with van der Waals surface area (Å²) >= 11 is 0. The van der Waals surface area contributed by atoms with E-state index in [0.29, 0.717) is 25.2 Å². The van der Waals surface area contributed by atoms with Gasteiger partial charge in [0.05, 0.1) is 5.60 Å².